The van der Waals surface area contributed by atoms with Crippen LogP contribution in [0.5, 0.6) is 5.75 Å². The Labute approximate surface area is 178 Å². The second-order valence-corrected chi connectivity index (χ2v) is 7.17. The minimum atomic E-state index is 0. The normalized spacial score (nSPS) is 24.9. The summed E-state index contributed by atoms with van der Waals surface area (Å²) in [6.07, 6.45) is 4.64. The predicted octanol–water partition coefficient (Wildman–Crippen LogP) is 2.24. The molecule has 7 heteroatoms. The Morgan fingerprint density at radius 3 is 2.93 bits per heavy atom. The highest BCUT2D eigenvalue weighted by molar-refractivity contribution is 14.0. The third-order valence-corrected chi connectivity index (χ3v) is 5.44. The number of nitrogens with one attached hydrogen (secondary N) is 1. The Balaban J connectivity index is 0.00000210. The molecule has 0 saturated carbocycles. The predicted molar refractivity (Wildman–Crippen MR) is 116 cm³/mol. The monoisotopic (exact) mass is 487 g/mol. The van der Waals surface area contributed by atoms with Crippen molar-refractivity contribution in [2.24, 2.45) is 4.99 Å². The summed E-state index contributed by atoms with van der Waals surface area (Å²) < 4.78 is 17.3. The molecule has 27 heavy (non-hydrogen) atoms. The van der Waals surface area contributed by atoms with Gasteiger partial charge in [0.25, 0.3) is 0 Å². The number of fused-ring (bicyclic) bond motifs is 1. The molecule has 1 aromatic rings. The van der Waals surface area contributed by atoms with Gasteiger partial charge in [-0.1, -0.05) is 12.1 Å². The van der Waals surface area contributed by atoms with Crippen LogP contribution in [0.4, 0.5) is 0 Å². The average molecular weight is 487 g/mol. The summed E-state index contributed by atoms with van der Waals surface area (Å²) in [5.74, 6) is 2.01. The van der Waals surface area contributed by atoms with Gasteiger partial charge in [0, 0.05) is 39.7 Å². The molecular formula is C20H30IN3O3. The average Bonchev–Trinajstić information content (AvgIpc) is 3.36. The van der Waals surface area contributed by atoms with E-state index in [4.69, 9.17) is 14.2 Å². The van der Waals surface area contributed by atoms with Gasteiger partial charge < -0.3 is 24.4 Å². The number of morpholine rings is 1. The number of guanidine groups is 1. The van der Waals surface area contributed by atoms with Gasteiger partial charge in [0.1, 0.15) is 11.9 Å². The van der Waals surface area contributed by atoms with E-state index in [2.05, 4.69) is 33.4 Å². The number of hydrogen-bond donors (Lipinski definition) is 1. The van der Waals surface area contributed by atoms with Gasteiger partial charge in [0.2, 0.25) is 0 Å². The first kappa shape index (κ1) is 20.7. The van der Waals surface area contributed by atoms with Crippen molar-refractivity contribution in [3.8, 4) is 5.75 Å². The molecule has 0 bridgehead atoms. The number of rotatable bonds is 4. The summed E-state index contributed by atoms with van der Waals surface area (Å²) in [5, 5.41) is 3.51. The number of nitrogens with zero attached hydrogens (tertiary/aromatic N) is 2. The third kappa shape index (κ3) is 5.06. The van der Waals surface area contributed by atoms with E-state index in [1.54, 1.807) is 0 Å². The van der Waals surface area contributed by atoms with Gasteiger partial charge in [0.05, 0.1) is 19.3 Å². The van der Waals surface area contributed by atoms with Crippen LogP contribution in [-0.4, -0.2) is 69.6 Å². The first-order valence-electron chi connectivity index (χ1n) is 9.77. The minimum absolute atomic E-state index is 0. The molecule has 2 saturated heterocycles. The van der Waals surface area contributed by atoms with Gasteiger partial charge in [-0.2, -0.15) is 0 Å². The van der Waals surface area contributed by atoms with Gasteiger partial charge in [0.15, 0.2) is 5.96 Å². The van der Waals surface area contributed by atoms with Crippen molar-refractivity contribution in [1.82, 2.24) is 10.2 Å². The molecule has 0 radical (unpaired) electrons. The molecule has 0 aromatic heterocycles. The van der Waals surface area contributed by atoms with Crippen LogP contribution in [0.1, 0.15) is 24.0 Å². The molecule has 3 aliphatic heterocycles. The molecule has 1 N–H and O–H groups in total. The molecule has 6 nitrogen and oxygen atoms in total. The molecule has 2 unspecified atom stereocenters. The zero-order valence-electron chi connectivity index (χ0n) is 16.0. The van der Waals surface area contributed by atoms with Crippen LogP contribution in [0.15, 0.2) is 23.2 Å². The van der Waals surface area contributed by atoms with Crippen molar-refractivity contribution in [3.05, 3.63) is 29.3 Å². The lowest BCUT2D eigenvalue weighted by Gasteiger charge is -2.37. The van der Waals surface area contributed by atoms with Crippen LogP contribution in [0.3, 0.4) is 0 Å². The van der Waals surface area contributed by atoms with E-state index in [0.717, 1.165) is 76.8 Å². The maximum atomic E-state index is 5.94. The zero-order chi connectivity index (χ0) is 17.8. The van der Waals surface area contributed by atoms with Crippen molar-refractivity contribution in [3.63, 3.8) is 0 Å². The molecule has 3 aliphatic rings. The zero-order valence-corrected chi connectivity index (χ0v) is 18.3. The molecule has 0 spiro atoms. The highest BCUT2D eigenvalue weighted by Gasteiger charge is 2.32. The van der Waals surface area contributed by atoms with Crippen molar-refractivity contribution in [1.29, 1.82) is 0 Å². The summed E-state index contributed by atoms with van der Waals surface area (Å²) in [5.41, 5.74) is 2.68. The first-order valence-corrected chi connectivity index (χ1v) is 9.77. The number of hydrogen-bond acceptors (Lipinski definition) is 4. The van der Waals surface area contributed by atoms with Crippen molar-refractivity contribution in [2.45, 2.75) is 37.9 Å². The van der Waals surface area contributed by atoms with E-state index < -0.39 is 0 Å². The molecule has 2 atom stereocenters. The second kappa shape index (κ2) is 9.93. The highest BCUT2D eigenvalue weighted by Crippen LogP contribution is 2.26. The van der Waals surface area contributed by atoms with Crippen LogP contribution in [0, 0.1) is 0 Å². The lowest BCUT2D eigenvalue weighted by atomic mass is 10.1. The van der Waals surface area contributed by atoms with Gasteiger partial charge in [-0.05, 0) is 36.5 Å². The number of halogens is 1. The largest absolute Gasteiger partial charge is 0.493 e. The molecule has 4 rings (SSSR count). The Morgan fingerprint density at radius 1 is 1.22 bits per heavy atom. The molecule has 2 fully saturated rings. The molecular weight excluding hydrogens is 457 g/mol. The standard InChI is InChI=1S/C20H29N3O3.HI/c1-21-20(23-9-12-26-19(14-23)18-3-2-10-24-18)22-8-6-15-4-5-17-16(13-15)7-11-25-17;/h4-5,13,18-19H,2-3,6-12,14H2,1H3,(H,21,22);1H. The summed E-state index contributed by atoms with van der Waals surface area (Å²) in [6, 6.07) is 6.53. The highest BCUT2D eigenvalue weighted by atomic mass is 127. The minimum Gasteiger partial charge on any atom is -0.493 e. The third-order valence-electron chi connectivity index (χ3n) is 5.44. The van der Waals surface area contributed by atoms with Crippen LogP contribution < -0.4 is 10.1 Å². The van der Waals surface area contributed by atoms with E-state index in [9.17, 15) is 0 Å². The van der Waals surface area contributed by atoms with E-state index >= 15 is 0 Å². The molecule has 150 valence electrons. The molecule has 3 heterocycles. The topological polar surface area (TPSA) is 55.3 Å². The van der Waals surface area contributed by atoms with E-state index in [-0.39, 0.29) is 36.2 Å². The fraction of sp³-hybridized carbons (Fsp3) is 0.650. The van der Waals surface area contributed by atoms with Crippen LogP contribution >= 0.6 is 24.0 Å². The van der Waals surface area contributed by atoms with Crippen molar-refractivity contribution in [2.75, 3.05) is 46.5 Å². The summed E-state index contributed by atoms with van der Waals surface area (Å²) in [7, 11) is 1.85. The quantitative estimate of drug-likeness (QED) is 0.401. The summed E-state index contributed by atoms with van der Waals surface area (Å²) >= 11 is 0. The Bertz CT molecular complexity index is 649. The fourth-order valence-electron chi connectivity index (χ4n) is 4.03. The number of aliphatic imine (C=N–C) groups is 1. The lowest BCUT2D eigenvalue weighted by molar-refractivity contribution is -0.0816. The maximum absolute atomic E-state index is 5.94. The Kier molecular flexibility index (Phi) is 7.60. The SMILES string of the molecule is CN=C(NCCc1ccc2c(c1)CCO2)N1CCOC(C2CCCO2)C1.I. The van der Waals surface area contributed by atoms with Crippen LogP contribution in [0.2, 0.25) is 0 Å². The van der Waals surface area contributed by atoms with Gasteiger partial charge in [-0.25, -0.2) is 0 Å². The number of benzene rings is 1. The molecule has 1 aromatic carbocycles. The van der Waals surface area contributed by atoms with Crippen molar-refractivity contribution >= 4 is 29.9 Å². The summed E-state index contributed by atoms with van der Waals surface area (Å²) in [4.78, 5) is 6.77. The van der Waals surface area contributed by atoms with E-state index in [0.29, 0.717) is 0 Å². The fourth-order valence-corrected chi connectivity index (χ4v) is 4.03. The molecule has 0 aliphatic carbocycles. The van der Waals surface area contributed by atoms with Gasteiger partial charge in [-0.15, -0.1) is 24.0 Å². The van der Waals surface area contributed by atoms with Crippen molar-refractivity contribution < 1.29 is 14.2 Å². The van der Waals surface area contributed by atoms with E-state index in [1.807, 2.05) is 7.05 Å². The van der Waals surface area contributed by atoms with Crippen LogP contribution in [0.25, 0.3) is 0 Å². The molecule has 0 amide bonds. The Hall–Kier alpha value is -1.06. The Morgan fingerprint density at radius 2 is 2.11 bits per heavy atom. The van der Waals surface area contributed by atoms with E-state index in [1.165, 1.54) is 11.1 Å². The smallest absolute Gasteiger partial charge is 0.193 e. The van der Waals surface area contributed by atoms with Crippen LogP contribution in [-0.2, 0) is 22.3 Å². The number of ether oxygens (including phenoxy) is 3. The lowest BCUT2D eigenvalue weighted by Crippen LogP contribution is -2.53. The second-order valence-electron chi connectivity index (χ2n) is 7.17. The maximum Gasteiger partial charge on any atom is 0.193 e. The summed E-state index contributed by atoms with van der Waals surface area (Å²) in [6.45, 7) is 5.00. The first-order chi connectivity index (χ1) is 12.8. The van der Waals surface area contributed by atoms with Gasteiger partial charge in [-0.3, -0.25) is 4.99 Å². The van der Waals surface area contributed by atoms with Gasteiger partial charge >= 0.3 is 0 Å².